The van der Waals surface area contributed by atoms with Crippen molar-refractivity contribution >= 4 is 85.7 Å². The lowest BCUT2D eigenvalue weighted by Crippen LogP contribution is -2.22. The smallest absolute Gasteiger partial charge is 0.164 e. The van der Waals surface area contributed by atoms with Gasteiger partial charge in [-0.1, -0.05) is 81.6 Å². The highest BCUT2D eigenvalue weighted by atomic mass is 32.2. The summed E-state index contributed by atoms with van der Waals surface area (Å²) in [5.74, 6) is 1.99. The van der Waals surface area contributed by atoms with Gasteiger partial charge in [0.15, 0.2) is 11.3 Å². The second-order valence-electron chi connectivity index (χ2n) is 18.1. The second kappa shape index (κ2) is 21.0. The van der Waals surface area contributed by atoms with Crippen LogP contribution >= 0.6 is 23.5 Å². The standard InChI is InChI=1S/C56H57N11S2/c1-36(2)47-26-24-45-53(61-47)57-34-59-55(45)63-49-30-38(14-28-51(49)68-43-20-16-40(17-21-43)65(5)6)32-67(42-12-10-9-11-13-42)33-39-15-29-52(69-44-22-18-41(19-23-44)66(7)8)50(31-39)64-56-46-25-27-48(37(3)4)62-54(46)58-35-60-56/h9-31,34-37H,32-33H2,1-8H3,(H,57,59,61,63)(H,58,60,62,64). The van der Waals surface area contributed by atoms with Gasteiger partial charge in [-0.15, -0.1) is 0 Å². The number of fused-ring (bicyclic) bond motifs is 2. The summed E-state index contributed by atoms with van der Waals surface area (Å²) in [6.07, 6.45) is 3.19. The highest BCUT2D eigenvalue weighted by molar-refractivity contribution is 7.99. The first-order chi connectivity index (χ1) is 33.4. The van der Waals surface area contributed by atoms with Gasteiger partial charge in [0.2, 0.25) is 0 Å². The SMILES string of the molecule is CC(C)c1ccc2c(Nc3cc(CN(Cc4ccc(Sc5ccc(N(C)C)cc5)c(Nc5ncnc6nc(C(C)C)ccc56)c4)c4ccccc4)ccc3Sc3ccc(N(C)C)cc3)ncnc2n1. The molecule has 0 atom stereocenters. The van der Waals surface area contributed by atoms with E-state index >= 15 is 0 Å². The van der Waals surface area contributed by atoms with Crippen LogP contribution in [0.25, 0.3) is 22.1 Å². The molecule has 69 heavy (non-hydrogen) atoms. The highest BCUT2D eigenvalue weighted by Gasteiger charge is 2.18. The van der Waals surface area contributed by atoms with Crippen LogP contribution in [0.3, 0.4) is 0 Å². The summed E-state index contributed by atoms with van der Waals surface area (Å²) in [4.78, 5) is 39.5. The van der Waals surface area contributed by atoms with E-state index in [-0.39, 0.29) is 11.8 Å². The first kappa shape index (κ1) is 46.9. The lowest BCUT2D eigenvalue weighted by Gasteiger charge is -2.26. The summed E-state index contributed by atoms with van der Waals surface area (Å²) < 4.78 is 0. The van der Waals surface area contributed by atoms with E-state index < -0.39 is 0 Å². The summed E-state index contributed by atoms with van der Waals surface area (Å²) in [5, 5.41) is 9.21. The van der Waals surface area contributed by atoms with Crippen LogP contribution in [0.2, 0.25) is 0 Å². The maximum Gasteiger partial charge on any atom is 0.164 e. The molecule has 4 aromatic heterocycles. The monoisotopic (exact) mass is 947 g/mol. The number of rotatable bonds is 17. The van der Waals surface area contributed by atoms with Crippen LogP contribution in [-0.4, -0.2) is 58.1 Å². The van der Waals surface area contributed by atoms with Crippen LogP contribution in [0, 0.1) is 0 Å². The van der Waals surface area contributed by atoms with Crippen LogP contribution in [0.5, 0.6) is 0 Å². The van der Waals surface area contributed by atoms with Crippen molar-refractivity contribution in [3.05, 3.63) is 175 Å². The molecule has 0 bridgehead atoms. The molecule has 0 radical (unpaired) electrons. The zero-order chi connectivity index (χ0) is 48.0. The van der Waals surface area contributed by atoms with E-state index in [4.69, 9.17) is 19.9 Å². The summed E-state index contributed by atoms with van der Waals surface area (Å²) in [6, 6.07) is 49.6. The maximum absolute atomic E-state index is 4.88. The number of aromatic nitrogens is 6. The molecule has 348 valence electrons. The number of benzene rings is 5. The molecular formula is C56H57N11S2. The van der Waals surface area contributed by atoms with Crippen molar-refractivity contribution in [1.29, 1.82) is 0 Å². The normalized spacial score (nSPS) is 11.4. The van der Waals surface area contributed by atoms with Crippen molar-refractivity contribution < 1.29 is 0 Å². The molecule has 0 aliphatic heterocycles. The van der Waals surface area contributed by atoms with E-state index in [2.05, 4.69) is 231 Å². The Morgan fingerprint density at radius 2 is 0.899 bits per heavy atom. The topological polar surface area (TPSA) is 111 Å². The van der Waals surface area contributed by atoms with Gasteiger partial charge in [-0.05, 0) is 132 Å². The van der Waals surface area contributed by atoms with E-state index in [1.807, 2.05) is 0 Å². The zero-order valence-corrected chi connectivity index (χ0v) is 42.0. The molecule has 0 saturated heterocycles. The van der Waals surface area contributed by atoms with Gasteiger partial charge in [0, 0.05) is 89.3 Å². The highest BCUT2D eigenvalue weighted by Crippen LogP contribution is 2.40. The van der Waals surface area contributed by atoms with Crippen molar-refractivity contribution in [3.63, 3.8) is 0 Å². The number of para-hydroxylation sites is 1. The molecule has 4 heterocycles. The predicted molar refractivity (Wildman–Crippen MR) is 288 cm³/mol. The Morgan fingerprint density at radius 1 is 0.464 bits per heavy atom. The van der Waals surface area contributed by atoms with E-state index in [0.717, 1.165) is 81.3 Å². The molecule has 9 rings (SSSR count). The molecule has 0 amide bonds. The Bertz CT molecular complexity index is 3000. The van der Waals surface area contributed by atoms with Gasteiger partial charge in [-0.2, -0.15) is 0 Å². The number of hydrogen-bond acceptors (Lipinski definition) is 13. The molecule has 0 aliphatic carbocycles. The average molecular weight is 948 g/mol. The van der Waals surface area contributed by atoms with E-state index in [1.54, 1.807) is 36.2 Å². The van der Waals surface area contributed by atoms with Gasteiger partial charge in [-0.3, -0.25) is 0 Å². The minimum absolute atomic E-state index is 0.285. The largest absolute Gasteiger partial charge is 0.378 e. The Balaban J connectivity index is 1.07. The third kappa shape index (κ3) is 11.2. The van der Waals surface area contributed by atoms with Crippen LogP contribution in [-0.2, 0) is 13.1 Å². The number of nitrogens with one attached hydrogen (secondary N) is 2. The van der Waals surface area contributed by atoms with Crippen molar-refractivity contribution in [1.82, 2.24) is 29.9 Å². The predicted octanol–water partition coefficient (Wildman–Crippen LogP) is 13.7. The van der Waals surface area contributed by atoms with Crippen molar-refractivity contribution in [2.24, 2.45) is 0 Å². The van der Waals surface area contributed by atoms with Gasteiger partial charge in [0.1, 0.15) is 24.3 Å². The fourth-order valence-electron chi connectivity index (χ4n) is 7.93. The molecule has 0 saturated carbocycles. The minimum atomic E-state index is 0.285. The molecule has 0 fully saturated rings. The molecule has 0 aliphatic rings. The van der Waals surface area contributed by atoms with Gasteiger partial charge in [0.05, 0.1) is 22.1 Å². The molecule has 0 spiro atoms. The molecule has 2 N–H and O–H groups in total. The van der Waals surface area contributed by atoms with Crippen molar-refractivity contribution in [2.75, 3.05) is 53.5 Å². The molecular weight excluding hydrogens is 891 g/mol. The van der Waals surface area contributed by atoms with E-state index in [1.165, 1.54) is 0 Å². The average Bonchev–Trinajstić information content (AvgIpc) is 3.35. The Hall–Kier alpha value is -7.22. The van der Waals surface area contributed by atoms with Gasteiger partial charge in [0.25, 0.3) is 0 Å². The summed E-state index contributed by atoms with van der Waals surface area (Å²) in [6.45, 7) is 9.86. The van der Waals surface area contributed by atoms with Crippen LogP contribution < -0.4 is 25.3 Å². The molecule has 9 aromatic rings. The molecule has 11 nitrogen and oxygen atoms in total. The molecule has 13 heteroatoms. The van der Waals surface area contributed by atoms with E-state index in [0.29, 0.717) is 36.0 Å². The lowest BCUT2D eigenvalue weighted by atomic mass is 10.1. The Labute approximate surface area is 413 Å². The number of anilines is 7. The summed E-state index contributed by atoms with van der Waals surface area (Å²) in [7, 11) is 8.24. The van der Waals surface area contributed by atoms with Crippen LogP contribution in [0.1, 0.15) is 62.0 Å². The molecule has 5 aromatic carbocycles. The Morgan fingerprint density at radius 3 is 1.30 bits per heavy atom. The first-order valence-electron chi connectivity index (χ1n) is 23.2. The van der Waals surface area contributed by atoms with Gasteiger partial charge in [-0.25, -0.2) is 29.9 Å². The Kier molecular flexibility index (Phi) is 14.2. The number of nitrogens with zero attached hydrogens (tertiary/aromatic N) is 9. The fourth-order valence-corrected chi connectivity index (χ4v) is 9.70. The third-order valence-electron chi connectivity index (χ3n) is 11.8. The van der Waals surface area contributed by atoms with Gasteiger partial charge >= 0.3 is 0 Å². The van der Waals surface area contributed by atoms with Gasteiger partial charge < -0.3 is 25.3 Å². The van der Waals surface area contributed by atoms with Crippen molar-refractivity contribution in [2.45, 2.75) is 72.2 Å². The van der Waals surface area contributed by atoms with E-state index in [9.17, 15) is 0 Å². The second-order valence-corrected chi connectivity index (χ2v) is 20.3. The quantitative estimate of drug-likeness (QED) is 0.0904. The summed E-state index contributed by atoms with van der Waals surface area (Å²) >= 11 is 3.45. The fraction of sp³-hybridized carbons (Fsp3) is 0.214. The van der Waals surface area contributed by atoms with Crippen molar-refractivity contribution in [3.8, 4) is 0 Å². The number of hydrogen-bond donors (Lipinski definition) is 2. The van der Waals surface area contributed by atoms with Crippen LogP contribution in [0.4, 0.5) is 40.1 Å². The van der Waals surface area contributed by atoms with Crippen LogP contribution in [0.15, 0.2) is 172 Å². The minimum Gasteiger partial charge on any atom is -0.378 e. The number of pyridine rings is 2. The summed E-state index contributed by atoms with van der Waals surface area (Å²) in [5.41, 5.74) is 10.9. The molecule has 0 unspecified atom stereocenters. The maximum atomic E-state index is 4.88. The lowest BCUT2D eigenvalue weighted by molar-refractivity contribution is 0.799. The first-order valence-corrected chi connectivity index (χ1v) is 24.8. The third-order valence-corrected chi connectivity index (χ3v) is 14.0. The zero-order valence-electron chi connectivity index (χ0n) is 40.3.